The van der Waals surface area contributed by atoms with Crippen molar-refractivity contribution in [3.63, 3.8) is 0 Å². The fourth-order valence-electron chi connectivity index (χ4n) is 1.29. The zero-order chi connectivity index (χ0) is 10.1. The predicted molar refractivity (Wildman–Crippen MR) is 58.9 cm³/mol. The lowest BCUT2D eigenvalue weighted by Gasteiger charge is -2.39. The fourth-order valence-corrected chi connectivity index (χ4v) is 1.29. The second kappa shape index (κ2) is 3.17. The van der Waals surface area contributed by atoms with Gasteiger partial charge in [0.1, 0.15) is 0 Å². The van der Waals surface area contributed by atoms with Crippen molar-refractivity contribution < 1.29 is 0 Å². The summed E-state index contributed by atoms with van der Waals surface area (Å²) in [6, 6.07) is 10.7. The maximum absolute atomic E-state index is 2.31. The van der Waals surface area contributed by atoms with Gasteiger partial charge in [-0.25, -0.2) is 0 Å². The third-order valence-electron chi connectivity index (χ3n) is 3.37. The molecule has 1 aromatic rings. The van der Waals surface area contributed by atoms with Crippen molar-refractivity contribution in [3.05, 3.63) is 35.9 Å². The molecule has 0 nitrogen and oxygen atoms in total. The molecule has 13 heavy (non-hydrogen) atoms. The molecule has 0 bridgehead atoms. The van der Waals surface area contributed by atoms with Crippen molar-refractivity contribution in [3.8, 4) is 0 Å². The topological polar surface area (TPSA) is 0 Å². The molecule has 0 N–H and O–H groups in total. The minimum atomic E-state index is 0.230. The molecule has 0 amide bonds. The maximum Gasteiger partial charge on any atom is -0.00551 e. The molecule has 0 aliphatic carbocycles. The number of hydrogen-bond acceptors (Lipinski definition) is 0. The number of hydrogen-bond donors (Lipinski definition) is 0. The Bertz CT molecular complexity index is 262. The lowest BCUT2D eigenvalue weighted by Crippen LogP contribution is -2.33. The van der Waals surface area contributed by atoms with E-state index < -0.39 is 0 Å². The van der Waals surface area contributed by atoms with Crippen molar-refractivity contribution in [2.24, 2.45) is 5.41 Å². The minimum Gasteiger partial charge on any atom is -0.0622 e. The minimum absolute atomic E-state index is 0.230. The van der Waals surface area contributed by atoms with E-state index in [9.17, 15) is 0 Å². The molecule has 0 saturated carbocycles. The van der Waals surface area contributed by atoms with Gasteiger partial charge in [-0.2, -0.15) is 0 Å². The standard InChI is InChI=1S/C13H20/c1-12(2,3)13(4,5)11-9-7-6-8-10-11/h6-10H,1-5H3. The Balaban J connectivity index is 3.08. The summed E-state index contributed by atoms with van der Waals surface area (Å²) in [4.78, 5) is 0. The van der Waals surface area contributed by atoms with E-state index in [2.05, 4.69) is 65.0 Å². The Morgan fingerprint density at radius 3 is 1.62 bits per heavy atom. The summed E-state index contributed by atoms with van der Waals surface area (Å²) in [5.41, 5.74) is 1.95. The van der Waals surface area contributed by atoms with Crippen LogP contribution in [0.2, 0.25) is 0 Å². The molecular formula is C13H20. The van der Waals surface area contributed by atoms with Crippen LogP contribution in [0.15, 0.2) is 30.3 Å². The maximum atomic E-state index is 2.31. The van der Waals surface area contributed by atoms with Crippen LogP contribution in [0.1, 0.15) is 40.2 Å². The van der Waals surface area contributed by atoms with Gasteiger partial charge in [-0.15, -0.1) is 0 Å². The van der Waals surface area contributed by atoms with Crippen molar-refractivity contribution >= 4 is 0 Å². The van der Waals surface area contributed by atoms with Crippen LogP contribution in [0.25, 0.3) is 0 Å². The van der Waals surface area contributed by atoms with Crippen LogP contribution in [-0.2, 0) is 5.41 Å². The molecule has 72 valence electrons. The number of benzene rings is 1. The molecular weight excluding hydrogens is 156 g/mol. The van der Waals surface area contributed by atoms with Gasteiger partial charge in [0.25, 0.3) is 0 Å². The normalized spacial score (nSPS) is 13.0. The van der Waals surface area contributed by atoms with E-state index in [0.29, 0.717) is 5.41 Å². The zero-order valence-electron chi connectivity index (χ0n) is 9.39. The van der Waals surface area contributed by atoms with Gasteiger partial charge in [-0.05, 0) is 16.4 Å². The molecule has 0 radical (unpaired) electrons. The van der Waals surface area contributed by atoms with Gasteiger partial charge < -0.3 is 0 Å². The van der Waals surface area contributed by atoms with Crippen molar-refractivity contribution in [1.82, 2.24) is 0 Å². The summed E-state index contributed by atoms with van der Waals surface area (Å²) in [5, 5.41) is 0. The SMILES string of the molecule is CC(C)(C)C(C)(C)c1ccccc1. The first-order chi connectivity index (χ1) is 5.86. The molecule has 0 atom stereocenters. The van der Waals surface area contributed by atoms with E-state index in [-0.39, 0.29) is 5.41 Å². The molecule has 0 fully saturated rings. The largest absolute Gasteiger partial charge is 0.0622 e. The molecule has 0 aliphatic rings. The average molecular weight is 176 g/mol. The van der Waals surface area contributed by atoms with Crippen molar-refractivity contribution in [2.75, 3.05) is 0 Å². The summed E-state index contributed by atoms with van der Waals surface area (Å²) < 4.78 is 0. The van der Waals surface area contributed by atoms with E-state index in [1.54, 1.807) is 0 Å². The Kier molecular flexibility index (Phi) is 2.51. The van der Waals surface area contributed by atoms with E-state index in [1.807, 2.05) is 0 Å². The molecule has 0 aliphatic heterocycles. The quantitative estimate of drug-likeness (QED) is 0.606. The third kappa shape index (κ3) is 1.93. The molecule has 0 saturated heterocycles. The van der Waals surface area contributed by atoms with Crippen LogP contribution in [0.4, 0.5) is 0 Å². The monoisotopic (exact) mass is 176 g/mol. The first kappa shape index (κ1) is 10.3. The molecule has 0 heterocycles. The molecule has 0 spiro atoms. The van der Waals surface area contributed by atoms with Crippen LogP contribution in [0.5, 0.6) is 0 Å². The Hall–Kier alpha value is -0.780. The van der Waals surface area contributed by atoms with E-state index in [0.717, 1.165) is 0 Å². The summed E-state index contributed by atoms with van der Waals surface area (Å²) in [6.45, 7) is 11.5. The van der Waals surface area contributed by atoms with Crippen LogP contribution < -0.4 is 0 Å². The molecule has 0 unspecified atom stereocenters. The van der Waals surface area contributed by atoms with Gasteiger partial charge in [0.2, 0.25) is 0 Å². The Morgan fingerprint density at radius 1 is 0.769 bits per heavy atom. The molecule has 1 aromatic carbocycles. The van der Waals surface area contributed by atoms with Crippen LogP contribution in [0.3, 0.4) is 0 Å². The van der Waals surface area contributed by atoms with Gasteiger partial charge in [0.05, 0.1) is 0 Å². The summed E-state index contributed by atoms with van der Waals surface area (Å²) in [7, 11) is 0. The van der Waals surface area contributed by atoms with Crippen molar-refractivity contribution in [2.45, 2.75) is 40.0 Å². The van der Waals surface area contributed by atoms with Crippen LogP contribution in [-0.4, -0.2) is 0 Å². The fraction of sp³-hybridized carbons (Fsp3) is 0.538. The van der Waals surface area contributed by atoms with Gasteiger partial charge in [-0.1, -0.05) is 65.0 Å². The molecule has 0 aromatic heterocycles. The highest BCUT2D eigenvalue weighted by Crippen LogP contribution is 2.40. The van der Waals surface area contributed by atoms with Gasteiger partial charge >= 0.3 is 0 Å². The second-order valence-electron chi connectivity index (χ2n) is 5.24. The highest BCUT2D eigenvalue weighted by molar-refractivity contribution is 5.25. The molecule has 1 rings (SSSR count). The van der Waals surface area contributed by atoms with E-state index >= 15 is 0 Å². The Morgan fingerprint density at radius 2 is 1.23 bits per heavy atom. The van der Waals surface area contributed by atoms with Gasteiger partial charge in [0, 0.05) is 0 Å². The first-order valence-corrected chi connectivity index (χ1v) is 4.91. The smallest absolute Gasteiger partial charge is 0.00551 e. The summed E-state index contributed by atoms with van der Waals surface area (Å²) in [6.07, 6.45) is 0. The molecule has 0 heteroatoms. The third-order valence-corrected chi connectivity index (χ3v) is 3.37. The lowest BCUT2D eigenvalue weighted by molar-refractivity contribution is 0.225. The highest BCUT2D eigenvalue weighted by atomic mass is 14.4. The predicted octanol–water partition coefficient (Wildman–Crippen LogP) is 4.01. The highest BCUT2D eigenvalue weighted by Gasteiger charge is 2.33. The summed E-state index contributed by atoms with van der Waals surface area (Å²) >= 11 is 0. The van der Waals surface area contributed by atoms with E-state index in [1.165, 1.54) is 5.56 Å². The summed E-state index contributed by atoms with van der Waals surface area (Å²) in [5.74, 6) is 0. The van der Waals surface area contributed by atoms with Crippen LogP contribution >= 0.6 is 0 Å². The van der Waals surface area contributed by atoms with E-state index in [4.69, 9.17) is 0 Å². The Labute approximate surface area is 82.0 Å². The second-order valence-corrected chi connectivity index (χ2v) is 5.24. The number of rotatable bonds is 1. The first-order valence-electron chi connectivity index (χ1n) is 4.91. The van der Waals surface area contributed by atoms with Crippen molar-refractivity contribution in [1.29, 1.82) is 0 Å². The average Bonchev–Trinajstić information content (AvgIpc) is 2.04. The van der Waals surface area contributed by atoms with Crippen LogP contribution in [0, 0.1) is 5.41 Å². The zero-order valence-corrected chi connectivity index (χ0v) is 9.39. The lowest BCUT2D eigenvalue weighted by atomic mass is 9.65. The van der Waals surface area contributed by atoms with Gasteiger partial charge in [-0.3, -0.25) is 0 Å². The van der Waals surface area contributed by atoms with Gasteiger partial charge in [0.15, 0.2) is 0 Å².